The Labute approximate surface area is 159 Å². The van der Waals surface area contributed by atoms with Gasteiger partial charge in [-0.2, -0.15) is 0 Å². The van der Waals surface area contributed by atoms with E-state index in [1.54, 1.807) is 30.3 Å². The van der Waals surface area contributed by atoms with Gasteiger partial charge in [0.1, 0.15) is 18.5 Å². The molecular formula is C21H26FNO4. The van der Waals surface area contributed by atoms with Gasteiger partial charge in [-0.15, -0.1) is 0 Å². The maximum atomic E-state index is 13.2. The third-order valence-corrected chi connectivity index (χ3v) is 4.19. The molecule has 0 saturated carbocycles. The molecule has 2 aromatic carbocycles. The summed E-state index contributed by atoms with van der Waals surface area (Å²) in [6.07, 6.45) is -0.769. The average Bonchev–Trinajstić information content (AvgIpc) is 2.64. The maximum Gasteiger partial charge on any atom is 0.161 e. The Kier molecular flexibility index (Phi) is 7.19. The average molecular weight is 375 g/mol. The number of aliphatic hydroxyl groups excluding tert-OH is 1. The van der Waals surface area contributed by atoms with E-state index in [4.69, 9.17) is 9.47 Å². The standard InChI is InChI=1S/C21H26FNO4/c1-14(2)23(18-8-6-17(22)7-9-18)12-19(25)13-27-20-10-5-16(15(3)24)11-21(20)26-4/h5-11,14,19,25H,12-13H2,1-4H3. The smallest absolute Gasteiger partial charge is 0.161 e. The number of anilines is 1. The molecular weight excluding hydrogens is 349 g/mol. The van der Waals surface area contributed by atoms with Crippen molar-refractivity contribution in [2.24, 2.45) is 0 Å². The molecule has 1 N–H and O–H groups in total. The fourth-order valence-corrected chi connectivity index (χ4v) is 2.72. The number of carbonyl (C=O) groups excluding carboxylic acids is 1. The Morgan fingerprint density at radius 1 is 1.15 bits per heavy atom. The van der Waals surface area contributed by atoms with Crippen LogP contribution in [0.2, 0.25) is 0 Å². The lowest BCUT2D eigenvalue weighted by Crippen LogP contribution is -2.40. The topological polar surface area (TPSA) is 59.0 Å². The number of ketones is 1. The van der Waals surface area contributed by atoms with Crippen molar-refractivity contribution in [3.8, 4) is 11.5 Å². The molecule has 0 spiro atoms. The largest absolute Gasteiger partial charge is 0.493 e. The van der Waals surface area contributed by atoms with Crippen molar-refractivity contribution < 1.29 is 23.8 Å². The zero-order valence-electron chi connectivity index (χ0n) is 16.1. The minimum absolute atomic E-state index is 0.0557. The third kappa shape index (κ3) is 5.69. The number of benzene rings is 2. The number of hydrogen-bond donors (Lipinski definition) is 1. The van der Waals surface area contributed by atoms with Gasteiger partial charge in [0.25, 0.3) is 0 Å². The van der Waals surface area contributed by atoms with Gasteiger partial charge in [-0.25, -0.2) is 4.39 Å². The summed E-state index contributed by atoms with van der Waals surface area (Å²) in [6, 6.07) is 11.2. The van der Waals surface area contributed by atoms with Gasteiger partial charge in [0.05, 0.1) is 7.11 Å². The zero-order valence-corrected chi connectivity index (χ0v) is 16.1. The molecule has 0 aliphatic rings. The highest BCUT2D eigenvalue weighted by Crippen LogP contribution is 2.28. The van der Waals surface area contributed by atoms with Crippen molar-refractivity contribution in [3.05, 3.63) is 53.8 Å². The summed E-state index contributed by atoms with van der Waals surface area (Å²) in [6.45, 7) is 5.87. The molecule has 1 atom stereocenters. The predicted molar refractivity (Wildman–Crippen MR) is 103 cm³/mol. The van der Waals surface area contributed by atoms with Crippen molar-refractivity contribution in [3.63, 3.8) is 0 Å². The Morgan fingerprint density at radius 2 is 1.81 bits per heavy atom. The third-order valence-electron chi connectivity index (χ3n) is 4.19. The highest BCUT2D eigenvalue weighted by molar-refractivity contribution is 5.94. The van der Waals surface area contributed by atoms with Crippen LogP contribution in [-0.2, 0) is 0 Å². The summed E-state index contributed by atoms with van der Waals surface area (Å²) < 4.78 is 24.1. The lowest BCUT2D eigenvalue weighted by molar-refractivity contribution is 0.101. The van der Waals surface area contributed by atoms with Crippen molar-refractivity contribution in [2.45, 2.75) is 32.9 Å². The number of nitrogens with zero attached hydrogens (tertiary/aromatic N) is 1. The first-order chi connectivity index (χ1) is 12.8. The minimum Gasteiger partial charge on any atom is -0.493 e. The molecule has 0 aliphatic heterocycles. The van der Waals surface area contributed by atoms with E-state index in [-0.39, 0.29) is 24.2 Å². The van der Waals surface area contributed by atoms with Crippen LogP contribution < -0.4 is 14.4 Å². The lowest BCUT2D eigenvalue weighted by Gasteiger charge is -2.31. The fraction of sp³-hybridized carbons (Fsp3) is 0.381. The van der Waals surface area contributed by atoms with E-state index in [1.165, 1.54) is 26.2 Å². The van der Waals surface area contributed by atoms with Gasteiger partial charge in [0.15, 0.2) is 17.3 Å². The van der Waals surface area contributed by atoms with Gasteiger partial charge in [-0.1, -0.05) is 0 Å². The van der Waals surface area contributed by atoms with E-state index in [1.807, 2.05) is 18.7 Å². The van der Waals surface area contributed by atoms with Crippen LogP contribution in [0.15, 0.2) is 42.5 Å². The van der Waals surface area contributed by atoms with E-state index in [0.717, 1.165) is 5.69 Å². The first-order valence-corrected chi connectivity index (χ1v) is 8.84. The summed E-state index contributed by atoms with van der Waals surface area (Å²) in [4.78, 5) is 13.4. The first-order valence-electron chi connectivity index (χ1n) is 8.84. The normalized spacial score (nSPS) is 12.0. The molecule has 5 nitrogen and oxygen atoms in total. The quantitative estimate of drug-likeness (QED) is 0.678. The molecule has 0 aromatic heterocycles. The number of methoxy groups -OCH3 is 1. The molecule has 0 radical (unpaired) electrons. The van der Waals surface area contributed by atoms with E-state index >= 15 is 0 Å². The number of halogens is 1. The lowest BCUT2D eigenvalue weighted by atomic mass is 10.1. The van der Waals surface area contributed by atoms with Crippen LogP contribution in [0.1, 0.15) is 31.1 Å². The molecule has 1 unspecified atom stereocenters. The van der Waals surface area contributed by atoms with Crippen molar-refractivity contribution in [2.75, 3.05) is 25.2 Å². The summed E-state index contributed by atoms with van der Waals surface area (Å²) in [5.41, 5.74) is 1.36. The summed E-state index contributed by atoms with van der Waals surface area (Å²) >= 11 is 0. The van der Waals surface area contributed by atoms with Crippen LogP contribution in [-0.4, -0.2) is 43.3 Å². The molecule has 6 heteroatoms. The number of aliphatic hydroxyl groups is 1. The molecule has 0 amide bonds. The highest BCUT2D eigenvalue weighted by atomic mass is 19.1. The molecule has 0 saturated heterocycles. The van der Waals surface area contributed by atoms with E-state index in [0.29, 0.717) is 23.6 Å². The maximum absolute atomic E-state index is 13.2. The minimum atomic E-state index is -0.769. The molecule has 0 fully saturated rings. The second-order valence-corrected chi connectivity index (χ2v) is 6.61. The molecule has 2 rings (SSSR count). The van der Waals surface area contributed by atoms with Gasteiger partial charge in [0.2, 0.25) is 0 Å². The van der Waals surface area contributed by atoms with Gasteiger partial charge in [-0.05, 0) is 63.2 Å². The number of carbonyl (C=O) groups is 1. The number of hydrogen-bond acceptors (Lipinski definition) is 5. The van der Waals surface area contributed by atoms with Gasteiger partial charge in [0, 0.05) is 23.8 Å². The van der Waals surface area contributed by atoms with Crippen LogP contribution in [0.3, 0.4) is 0 Å². The second kappa shape index (κ2) is 9.37. The second-order valence-electron chi connectivity index (χ2n) is 6.61. The van der Waals surface area contributed by atoms with Gasteiger partial charge < -0.3 is 19.5 Å². The molecule has 146 valence electrons. The molecule has 0 aliphatic carbocycles. The van der Waals surface area contributed by atoms with E-state index in [9.17, 15) is 14.3 Å². The van der Waals surface area contributed by atoms with Crippen molar-refractivity contribution >= 4 is 11.5 Å². The molecule has 0 heterocycles. The van der Waals surface area contributed by atoms with Gasteiger partial charge >= 0.3 is 0 Å². The Morgan fingerprint density at radius 3 is 2.37 bits per heavy atom. The first kappa shape index (κ1) is 20.7. The van der Waals surface area contributed by atoms with Crippen LogP contribution in [0.5, 0.6) is 11.5 Å². The van der Waals surface area contributed by atoms with Crippen LogP contribution in [0.4, 0.5) is 10.1 Å². The highest BCUT2D eigenvalue weighted by Gasteiger charge is 2.17. The summed E-state index contributed by atoms with van der Waals surface area (Å²) in [5, 5.41) is 10.4. The summed E-state index contributed by atoms with van der Waals surface area (Å²) in [5.74, 6) is 0.535. The van der Waals surface area contributed by atoms with Crippen LogP contribution >= 0.6 is 0 Å². The van der Waals surface area contributed by atoms with Gasteiger partial charge in [-0.3, -0.25) is 4.79 Å². The van der Waals surface area contributed by atoms with Crippen molar-refractivity contribution in [1.29, 1.82) is 0 Å². The number of Topliss-reactive ketones (excluding diaryl/α,β-unsaturated/α-hetero) is 1. The van der Waals surface area contributed by atoms with E-state index in [2.05, 4.69) is 0 Å². The summed E-state index contributed by atoms with van der Waals surface area (Å²) in [7, 11) is 1.50. The molecule has 2 aromatic rings. The van der Waals surface area contributed by atoms with Crippen molar-refractivity contribution in [1.82, 2.24) is 0 Å². The Balaban J connectivity index is 2.03. The van der Waals surface area contributed by atoms with Crippen LogP contribution in [0.25, 0.3) is 0 Å². The number of ether oxygens (including phenoxy) is 2. The monoisotopic (exact) mass is 375 g/mol. The Bertz CT molecular complexity index is 761. The zero-order chi connectivity index (χ0) is 20.0. The molecule has 27 heavy (non-hydrogen) atoms. The molecule has 0 bridgehead atoms. The Hall–Kier alpha value is -2.60. The fourth-order valence-electron chi connectivity index (χ4n) is 2.72. The van der Waals surface area contributed by atoms with Crippen LogP contribution in [0, 0.1) is 5.82 Å². The van der Waals surface area contributed by atoms with E-state index < -0.39 is 6.10 Å². The predicted octanol–water partition coefficient (Wildman–Crippen LogP) is 3.69. The SMILES string of the molecule is COc1cc(C(C)=O)ccc1OCC(O)CN(c1ccc(F)cc1)C(C)C. The number of rotatable bonds is 9.